The number of aromatic nitrogens is 5. The summed E-state index contributed by atoms with van der Waals surface area (Å²) in [7, 11) is 0. The standard InChI is InChI=1S/C20H22N6OS2/c1-12-10-28-18-22-15(9-16(27)25(12)18)11-29-19-24-23-17(26(19)21)13-5-7-14(8-6-13)20(2,3)4/h5-10H,11,21H2,1-4H3. The number of thiazole rings is 1. The number of nitrogen functional groups attached to an aromatic ring is 1. The maximum absolute atomic E-state index is 12.3. The number of rotatable bonds is 4. The average Bonchev–Trinajstić information content (AvgIpc) is 3.22. The molecule has 0 amide bonds. The molecule has 2 N–H and O–H groups in total. The van der Waals surface area contributed by atoms with Crippen LogP contribution in [0.15, 0.2) is 45.7 Å². The van der Waals surface area contributed by atoms with E-state index in [0.29, 0.717) is 27.4 Å². The van der Waals surface area contributed by atoms with E-state index >= 15 is 0 Å². The maximum atomic E-state index is 12.3. The Hall–Kier alpha value is -2.65. The van der Waals surface area contributed by atoms with E-state index < -0.39 is 0 Å². The second-order valence-corrected chi connectivity index (χ2v) is 9.65. The average molecular weight is 427 g/mol. The summed E-state index contributed by atoms with van der Waals surface area (Å²) in [6, 6.07) is 9.76. The van der Waals surface area contributed by atoms with Crippen molar-refractivity contribution in [3.05, 3.63) is 63.0 Å². The second-order valence-electron chi connectivity index (χ2n) is 7.87. The van der Waals surface area contributed by atoms with Crippen molar-refractivity contribution in [1.82, 2.24) is 24.3 Å². The van der Waals surface area contributed by atoms with Crippen molar-refractivity contribution in [2.24, 2.45) is 0 Å². The third kappa shape index (κ3) is 3.79. The Balaban J connectivity index is 1.54. The highest BCUT2D eigenvalue weighted by Gasteiger charge is 2.16. The number of thioether (sulfide) groups is 1. The van der Waals surface area contributed by atoms with Gasteiger partial charge in [0.1, 0.15) is 0 Å². The summed E-state index contributed by atoms with van der Waals surface area (Å²) in [6.45, 7) is 8.43. The van der Waals surface area contributed by atoms with Gasteiger partial charge in [-0.3, -0.25) is 9.20 Å². The van der Waals surface area contributed by atoms with E-state index in [2.05, 4.69) is 48.1 Å². The molecular weight excluding hydrogens is 404 g/mol. The minimum absolute atomic E-state index is 0.0711. The molecule has 150 valence electrons. The van der Waals surface area contributed by atoms with Crippen molar-refractivity contribution in [3.8, 4) is 11.4 Å². The Kier molecular flexibility index (Phi) is 4.95. The molecule has 0 spiro atoms. The normalized spacial score (nSPS) is 12.0. The third-order valence-electron chi connectivity index (χ3n) is 4.65. The molecule has 0 unspecified atom stereocenters. The molecule has 0 aliphatic rings. The van der Waals surface area contributed by atoms with Gasteiger partial charge in [0.25, 0.3) is 5.56 Å². The Morgan fingerprint density at radius 2 is 1.90 bits per heavy atom. The number of aryl methyl sites for hydroxylation is 1. The van der Waals surface area contributed by atoms with Crippen LogP contribution in [-0.4, -0.2) is 24.3 Å². The molecule has 0 atom stereocenters. The first-order valence-electron chi connectivity index (χ1n) is 9.15. The molecule has 9 heteroatoms. The summed E-state index contributed by atoms with van der Waals surface area (Å²) in [4.78, 5) is 17.6. The van der Waals surface area contributed by atoms with Crippen LogP contribution in [0, 0.1) is 6.92 Å². The summed E-state index contributed by atoms with van der Waals surface area (Å²) in [5.41, 5.74) is 3.76. The van der Waals surface area contributed by atoms with E-state index in [4.69, 9.17) is 5.84 Å². The molecule has 3 heterocycles. The summed E-state index contributed by atoms with van der Waals surface area (Å²) < 4.78 is 3.10. The van der Waals surface area contributed by atoms with Crippen molar-refractivity contribution in [1.29, 1.82) is 0 Å². The molecule has 0 fully saturated rings. The molecule has 0 aliphatic carbocycles. The summed E-state index contributed by atoms with van der Waals surface area (Å²) >= 11 is 2.86. The van der Waals surface area contributed by atoms with Crippen LogP contribution in [0.2, 0.25) is 0 Å². The van der Waals surface area contributed by atoms with Crippen molar-refractivity contribution in [2.75, 3.05) is 5.84 Å². The van der Waals surface area contributed by atoms with E-state index in [9.17, 15) is 4.79 Å². The zero-order chi connectivity index (χ0) is 20.8. The predicted octanol–water partition coefficient (Wildman–Crippen LogP) is 3.63. The van der Waals surface area contributed by atoms with Crippen molar-refractivity contribution in [3.63, 3.8) is 0 Å². The highest BCUT2D eigenvalue weighted by Crippen LogP contribution is 2.27. The van der Waals surface area contributed by atoms with Gasteiger partial charge in [0.2, 0.25) is 5.16 Å². The lowest BCUT2D eigenvalue weighted by Gasteiger charge is -2.19. The fourth-order valence-corrected chi connectivity index (χ4v) is 4.64. The van der Waals surface area contributed by atoms with E-state index in [1.54, 1.807) is 10.5 Å². The van der Waals surface area contributed by atoms with Crippen LogP contribution in [0.5, 0.6) is 0 Å². The number of benzene rings is 1. The largest absolute Gasteiger partial charge is 0.335 e. The molecule has 1 aromatic carbocycles. The zero-order valence-corrected chi connectivity index (χ0v) is 18.3. The van der Waals surface area contributed by atoms with Crippen LogP contribution in [0.4, 0.5) is 0 Å². The van der Waals surface area contributed by atoms with E-state index in [1.807, 2.05) is 24.4 Å². The van der Waals surface area contributed by atoms with Crippen LogP contribution >= 0.6 is 23.1 Å². The first-order chi connectivity index (χ1) is 13.7. The Morgan fingerprint density at radius 1 is 1.17 bits per heavy atom. The quantitative estimate of drug-likeness (QED) is 0.396. The van der Waals surface area contributed by atoms with Crippen LogP contribution < -0.4 is 11.4 Å². The van der Waals surface area contributed by atoms with Gasteiger partial charge in [0.15, 0.2) is 10.8 Å². The topological polar surface area (TPSA) is 91.1 Å². The second kappa shape index (κ2) is 7.31. The summed E-state index contributed by atoms with van der Waals surface area (Å²) in [6.07, 6.45) is 0. The lowest BCUT2D eigenvalue weighted by atomic mass is 9.87. The van der Waals surface area contributed by atoms with Crippen LogP contribution in [0.1, 0.15) is 37.7 Å². The van der Waals surface area contributed by atoms with Crippen molar-refractivity contribution < 1.29 is 0 Å². The van der Waals surface area contributed by atoms with Crippen LogP contribution in [0.3, 0.4) is 0 Å². The molecule has 0 aliphatic heterocycles. The Labute approximate surface area is 176 Å². The fourth-order valence-electron chi connectivity index (χ4n) is 3.00. The van der Waals surface area contributed by atoms with E-state index in [1.165, 1.54) is 33.3 Å². The van der Waals surface area contributed by atoms with Gasteiger partial charge in [-0.05, 0) is 17.9 Å². The van der Waals surface area contributed by atoms with Gasteiger partial charge in [-0.25, -0.2) is 9.66 Å². The third-order valence-corrected chi connectivity index (χ3v) is 6.57. The minimum atomic E-state index is -0.0711. The predicted molar refractivity (Wildman–Crippen MR) is 118 cm³/mol. The van der Waals surface area contributed by atoms with Gasteiger partial charge in [-0.2, -0.15) is 0 Å². The lowest BCUT2D eigenvalue weighted by molar-refractivity contribution is 0.590. The van der Waals surface area contributed by atoms with E-state index in [0.717, 1.165) is 11.3 Å². The van der Waals surface area contributed by atoms with Gasteiger partial charge in [0.05, 0.1) is 5.69 Å². The smallest absolute Gasteiger partial charge is 0.258 e. The molecule has 29 heavy (non-hydrogen) atoms. The van der Waals surface area contributed by atoms with Gasteiger partial charge in [0, 0.05) is 28.5 Å². The Bertz CT molecular complexity index is 1230. The first kappa shape index (κ1) is 19.7. The number of fused-ring (bicyclic) bond motifs is 1. The molecule has 4 rings (SSSR count). The lowest BCUT2D eigenvalue weighted by Crippen LogP contribution is -2.15. The molecule has 0 saturated carbocycles. The van der Waals surface area contributed by atoms with Gasteiger partial charge in [-0.1, -0.05) is 56.8 Å². The molecule has 0 saturated heterocycles. The monoisotopic (exact) mass is 426 g/mol. The fraction of sp³-hybridized carbons (Fsp3) is 0.300. The van der Waals surface area contributed by atoms with Crippen LogP contribution in [0.25, 0.3) is 16.3 Å². The number of hydrogen-bond acceptors (Lipinski definition) is 7. The van der Waals surface area contributed by atoms with E-state index in [-0.39, 0.29) is 11.0 Å². The van der Waals surface area contributed by atoms with Gasteiger partial charge < -0.3 is 5.84 Å². The summed E-state index contributed by atoms with van der Waals surface area (Å²) in [5, 5.41) is 11.0. The SMILES string of the molecule is Cc1csc2nc(CSc3nnc(-c4ccc(C(C)(C)C)cc4)n3N)cc(=O)n12. The van der Waals surface area contributed by atoms with Crippen molar-refractivity contribution >= 4 is 28.1 Å². The van der Waals surface area contributed by atoms with Crippen molar-refractivity contribution in [2.45, 2.75) is 44.0 Å². The van der Waals surface area contributed by atoms with Gasteiger partial charge in [-0.15, -0.1) is 21.5 Å². The maximum Gasteiger partial charge on any atom is 0.258 e. The highest BCUT2D eigenvalue weighted by atomic mass is 32.2. The minimum Gasteiger partial charge on any atom is -0.335 e. The van der Waals surface area contributed by atoms with Crippen LogP contribution in [-0.2, 0) is 11.2 Å². The first-order valence-corrected chi connectivity index (χ1v) is 11.0. The van der Waals surface area contributed by atoms with Gasteiger partial charge >= 0.3 is 0 Å². The number of hydrogen-bond donors (Lipinski definition) is 1. The molecule has 3 aromatic heterocycles. The highest BCUT2D eigenvalue weighted by molar-refractivity contribution is 7.98. The molecule has 4 aromatic rings. The number of nitrogens with zero attached hydrogens (tertiary/aromatic N) is 5. The summed E-state index contributed by atoms with van der Waals surface area (Å²) in [5.74, 6) is 7.32. The molecular formula is C20H22N6OS2. The zero-order valence-electron chi connectivity index (χ0n) is 16.7. The Morgan fingerprint density at radius 3 is 2.59 bits per heavy atom. The molecule has 0 bridgehead atoms. The molecule has 0 radical (unpaired) electrons. The number of nitrogens with two attached hydrogens (primary N) is 1. The molecule has 7 nitrogen and oxygen atoms in total.